The molecule has 0 aliphatic carbocycles. The van der Waals surface area contributed by atoms with E-state index in [1.54, 1.807) is 68.6 Å². The normalized spacial score (nSPS) is 12.7. The van der Waals surface area contributed by atoms with Crippen molar-refractivity contribution < 1.29 is 22.7 Å². The van der Waals surface area contributed by atoms with E-state index in [-0.39, 0.29) is 23.4 Å². The molecule has 2 unspecified atom stereocenters. The fraction of sp³-hybridized carbons (Fsp3) is 0.375. The molecule has 0 aliphatic heterocycles. The summed E-state index contributed by atoms with van der Waals surface area (Å²) in [7, 11) is -2.54. The molecule has 0 radical (unpaired) electrons. The second-order valence-corrected chi connectivity index (χ2v) is 12.1. The first-order chi connectivity index (χ1) is 19.5. The lowest BCUT2D eigenvalue weighted by molar-refractivity contribution is -0.140. The standard InChI is InChI=1S/C32H41N3O5S/c1-7-25(5)33-32(37)29(8-2)34(21-26-15-17-27(40-6)18-16-26)31(36)22-35(30-12-10-9-11-24(30)4)41(38,39)28-19-13-23(3)14-20-28/h9-20,25,29H,7-8,21-22H2,1-6H3,(H,33,37). The number of para-hydroxylation sites is 1. The van der Waals surface area contributed by atoms with Crippen molar-refractivity contribution in [1.29, 1.82) is 0 Å². The first-order valence-corrected chi connectivity index (χ1v) is 15.3. The van der Waals surface area contributed by atoms with Gasteiger partial charge in [0.15, 0.2) is 0 Å². The topological polar surface area (TPSA) is 96.0 Å². The highest BCUT2D eigenvalue weighted by atomic mass is 32.2. The van der Waals surface area contributed by atoms with E-state index in [4.69, 9.17) is 4.74 Å². The van der Waals surface area contributed by atoms with Gasteiger partial charge in [-0.15, -0.1) is 0 Å². The molecule has 0 saturated heterocycles. The van der Waals surface area contributed by atoms with Crippen LogP contribution in [-0.4, -0.2) is 50.9 Å². The maximum atomic E-state index is 14.2. The zero-order chi connectivity index (χ0) is 30.2. The number of rotatable bonds is 13. The largest absolute Gasteiger partial charge is 0.497 e. The lowest BCUT2D eigenvalue weighted by atomic mass is 10.1. The van der Waals surface area contributed by atoms with Gasteiger partial charge in [0.1, 0.15) is 18.3 Å². The van der Waals surface area contributed by atoms with Crippen LogP contribution in [-0.2, 0) is 26.2 Å². The highest BCUT2D eigenvalue weighted by Gasteiger charge is 2.34. The van der Waals surface area contributed by atoms with Crippen LogP contribution in [0.1, 0.15) is 50.3 Å². The fourth-order valence-corrected chi connectivity index (χ4v) is 5.96. The summed E-state index contributed by atoms with van der Waals surface area (Å²) in [5, 5.41) is 2.99. The van der Waals surface area contributed by atoms with Crippen molar-refractivity contribution in [2.75, 3.05) is 18.0 Å². The highest BCUT2D eigenvalue weighted by molar-refractivity contribution is 7.92. The summed E-state index contributed by atoms with van der Waals surface area (Å²) in [6.45, 7) is 9.08. The van der Waals surface area contributed by atoms with Gasteiger partial charge in [-0.05, 0) is 75.1 Å². The van der Waals surface area contributed by atoms with Crippen LogP contribution >= 0.6 is 0 Å². The smallest absolute Gasteiger partial charge is 0.264 e. The maximum Gasteiger partial charge on any atom is 0.264 e. The second-order valence-electron chi connectivity index (χ2n) is 10.2. The predicted molar refractivity (Wildman–Crippen MR) is 162 cm³/mol. The van der Waals surface area contributed by atoms with E-state index >= 15 is 0 Å². The van der Waals surface area contributed by atoms with Crippen LogP contribution in [0, 0.1) is 13.8 Å². The third kappa shape index (κ3) is 7.88. The molecule has 0 aliphatic rings. The Labute approximate surface area is 244 Å². The molecule has 3 rings (SSSR count). The number of hydrogen-bond acceptors (Lipinski definition) is 5. The van der Waals surface area contributed by atoms with Crippen LogP contribution in [0.5, 0.6) is 5.75 Å². The van der Waals surface area contributed by atoms with Crippen LogP contribution in [0.15, 0.2) is 77.7 Å². The molecule has 0 spiro atoms. The summed E-state index contributed by atoms with van der Waals surface area (Å²) in [6, 6.07) is 20.0. The number of aryl methyl sites for hydroxylation is 2. The minimum atomic E-state index is -4.11. The fourth-order valence-electron chi connectivity index (χ4n) is 4.48. The summed E-state index contributed by atoms with van der Waals surface area (Å²) in [4.78, 5) is 29.1. The number of carbonyl (C=O) groups is 2. The van der Waals surface area contributed by atoms with E-state index in [9.17, 15) is 18.0 Å². The monoisotopic (exact) mass is 579 g/mol. The Hall–Kier alpha value is -3.85. The SMILES string of the molecule is CCC(C)NC(=O)C(CC)N(Cc1ccc(OC)cc1)C(=O)CN(c1ccccc1C)S(=O)(=O)c1ccc(C)cc1. The molecule has 3 aromatic carbocycles. The van der Waals surface area contributed by atoms with Gasteiger partial charge in [-0.3, -0.25) is 13.9 Å². The van der Waals surface area contributed by atoms with Crippen molar-refractivity contribution in [3.05, 3.63) is 89.5 Å². The van der Waals surface area contributed by atoms with Crippen molar-refractivity contribution in [3.8, 4) is 5.75 Å². The lowest BCUT2D eigenvalue weighted by Crippen LogP contribution is -2.53. The lowest BCUT2D eigenvalue weighted by Gasteiger charge is -2.34. The van der Waals surface area contributed by atoms with Crippen LogP contribution in [0.4, 0.5) is 5.69 Å². The number of amides is 2. The van der Waals surface area contributed by atoms with Crippen LogP contribution < -0.4 is 14.4 Å². The third-order valence-electron chi connectivity index (χ3n) is 7.17. The molecule has 9 heteroatoms. The molecule has 0 heterocycles. The molecule has 8 nitrogen and oxygen atoms in total. The van der Waals surface area contributed by atoms with E-state index in [0.717, 1.165) is 21.9 Å². The highest BCUT2D eigenvalue weighted by Crippen LogP contribution is 2.28. The average molecular weight is 580 g/mol. The Balaban J connectivity index is 2.06. The van der Waals surface area contributed by atoms with Crippen LogP contribution in [0.25, 0.3) is 0 Å². The van der Waals surface area contributed by atoms with Crippen molar-refractivity contribution >= 4 is 27.5 Å². The molecule has 0 bridgehead atoms. The Morgan fingerprint density at radius 2 is 1.54 bits per heavy atom. The van der Waals surface area contributed by atoms with Gasteiger partial charge >= 0.3 is 0 Å². The van der Waals surface area contributed by atoms with Crippen LogP contribution in [0.2, 0.25) is 0 Å². The first-order valence-electron chi connectivity index (χ1n) is 13.9. The second kappa shape index (κ2) is 14.2. The number of carbonyl (C=O) groups excluding carboxylic acids is 2. The maximum absolute atomic E-state index is 14.2. The molecule has 0 saturated carbocycles. The number of nitrogens with one attached hydrogen (secondary N) is 1. The van der Waals surface area contributed by atoms with Crippen LogP contribution in [0.3, 0.4) is 0 Å². The Kier molecular flexibility index (Phi) is 10.9. The minimum Gasteiger partial charge on any atom is -0.497 e. The number of anilines is 1. The van der Waals surface area contributed by atoms with Gasteiger partial charge in [0.05, 0.1) is 17.7 Å². The molecular weight excluding hydrogens is 538 g/mol. The van der Waals surface area contributed by atoms with Gasteiger partial charge in [-0.25, -0.2) is 8.42 Å². The van der Waals surface area contributed by atoms with E-state index in [1.807, 2.05) is 45.9 Å². The van der Waals surface area contributed by atoms with E-state index in [0.29, 0.717) is 23.4 Å². The Morgan fingerprint density at radius 1 is 0.902 bits per heavy atom. The molecule has 0 aromatic heterocycles. The van der Waals surface area contributed by atoms with Gasteiger partial charge in [-0.2, -0.15) is 0 Å². The zero-order valence-corrected chi connectivity index (χ0v) is 25.6. The molecule has 3 aromatic rings. The third-order valence-corrected chi connectivity index (χ3v) is 8.94. The number of nitrogens with zero attached hydrogens (tertiary/aromatic N) is 2. The molecular formula is C32H41N3O5S. The number of methoxy groups -OCH3 is 1. The molecule has 0 fully saturated rings. The van der Waals surface area contributed by atoms with Gasteiger partial charge in [0, 0.05) is 12.6 Å². The first kappa shape index (κ1) is 31.7. The van der Waals surface area contributed by atoms with E-state index in [1.165, 1.54) is 4.90 Å². The average Bonchev–Trinajstić information content (AvgIpc) is 2.96. The van der Waals surface area contributed by atoms with Gasteiger partial charge < -0.3 is 15.0 Å². The number of sulfonamides is 1. The molecule has 220 valence electrons. The van der Waals surface area contributed by atoms with Gasteiger partial charge in [-0.1, -0.05) is 61.9 Å². The number of benzene rings is 3. The van der Waals surface area contributed by atoms with E-state index in [2.05, 4.69) is 5.32 Å². The van der Waals surface area contributed by atoms with Crippen molar-refractivity contribution in [2.45, 2.75) is 71.0 Å². The zero-order valence-electron chi connectivity index (χ0n) is 24.8. The van der Waals surface area contributed by atoms with Crippen molar-refractivity contribution in [3.63, 3.8) is 0 Å². The quantitative estimate of drug-likeness (QED) is 0.299. The molecule has 2 atom stereocenters. The summed E-state index contributed by atoms with van der Waals surface area (Å²) < 4.78 is 34.4. The minimum absolute atomic E-state index is 0.0696. The molecule has 2 amide bonds. The van der Waals surface area contributed by atoms with Gasteiger partial charge in [0.2, 0.25) is 11.8 Å². The Morgan fingerprint density at radius 3 is 2.10 bits per heavy atom. The molecule has 1 N–H and O–H groups in total. The summed E-state index contributed by atoms with van der Waals surface area (Å²) in [5.41, 5.74) is 2.83. The summed E-state index contributed by atoms with van der Waals surface area (Å²) in [6.07, 6.45) is 1.10. The number of ether oxygens (including phenoxy) is 1. The van der Waals surface area contributed by atoms with Crippen molar-refractivity contribution in [1.82, 2.24) is 10.2 Å². The molecule has 41 heavy (non-hydrogen) atoms. The summed E-state index contributed by atoms with van der Waals surface area (Å²) >= 11 is 0. The van der Waals surface area contributed by atoms with Crippen molar-refractivity contribution in [2.24, 2.45) is 0 Å². The van der Waals surface area contributed by atoms with Gasteiger partial charge in [0.25, 0.3) is 10.0 Å². The Bertz CT molecular complexity index is 1420. The summed E-state index contributed by atoms with van der Waals surface area (Å²) in [5.74, 6) is -0.0819. The predicted octanol–water partition coefficient (Wildman–Crippen LogP) is 5.23. The number of hydrogen-bond donors (Lipinski definition) is 1. The van der Waals surface area contributed by atoms with E-state index < -0.39 is 28.5 Å².